The molecule has 19 heavy (non-hydrogen) atoms. The molecular formula is C11H13N5O3. The van der Waals surface area contributed by atoms with Crippen LogP contribution in [-0.2, 0) is 0 Å². The number of hydrogen-bond donors (Lipinski definition) is 3. The average Bonchev–Trinajstić information content (AvgIpc) is 2.73. The summed E-state index contributed by atoms with van der Waals surface area (Å²) in [4.78, 5) is 19.1. The zero-order valence-corrected chi connectivity index (χ0v) is 10.2. The molecule has 100 valence electrons. The van der Waals surface area contributed by atoms with Crippen molar-refractivity contribution in [3.63, 3.8) is 0 Å². The number of carbonyl (C=O) groups is 1. The first-order chi connectivity index (χ1) is 8.97. The molecule has 8 nitrogen and oxygen atoms in total. The molecule has 0 fully saturated rings. The highest BCUT2D eigenvalue weighted by molar-refractivity contribution is 6.02. The lowest BCUT2D eigenvalue weighted by Crippen LogP contribution is -2.26. The maximum Gasteiger partial charge on any atom is 0.231 e. The summed E-state index contributed by atoms with van der Waals surface area (Å²) in [6.45, 7) is 1.51. The van der Waals surface area contributed by atoms with Crippen LogP contribution in [0.1, 0.15) is 17.3 Å². The smallest absolute Gasteiger partial charge is 0.231 e. The van der Waals surface area contributed by atoms with E-state index in [0.717, 1.165) is 0 Å². The number of fused-ring (bicyclic) bond motifs is 1. The molecule has 0 bridgehead atoms. The van der Waals surface area contributed by atoms with Crippen LogP contribution in [0.2, 0.25) is 0 Å². The third kappa shape index (κ3) is 2.73. The van der Waals surface area contributed by atoms with Gasteiger partial charge >= 0.3 is 0 Å². The fourth-order valence-corrected chi connectivity index (χ4v) is 1.59. The van der Waals surface area contributed by atoms with E-state index in [0.29, 0.717) is 22.7 Å². The van der Waals surface area contributed by atoms with Crippen LogP contribution in [0.4, 0.5) is 5.69 Å². The predicted octanol–water partition coefficient (Wildman–Crippen LogP) is -0.162. The lowest BCUT2D eigenvalue weighted by Gasteiger charge is -2.04. The monoisotopic (exact) mass is 263 g/mol. The number of rotatable bonds is 2. The first-order valence-corrected chi connectivity index (χ1v) is 5.35. The molecule has 1 aromatic carbocycles. The molecule has 1 aliphatic rings. The summed E-state index contributed by atoms with van der Waals surface area (Å²) in [7, 11) is 0. The lowest BCUT2D eigenvalue weighted by molar-refractivity contribution is 0.101. The van der Waals surface area contributed by atoms with Crippen molar-refractivity contribution in [2.24, 2.45) is 27.2 Å². The van der Waals surface area contributed by atoms with Gasteiger partial charge in [0.1, 0.15) is 0 Å². The maximum atomic E-state index is 11.6. The van der Waals surface area contributed by atoms with E-state index in [-0.39, 0.29) is 24.5 Å². The summed E-state index contributed by atoms with van der Waals surface area (Å²) in [6, 6.07) is 3.10. The van der Waals surface area contributed by atoms with E-state index in [1.807, 2.05) is 0 Å². The van der Waals surface area contributed by atoms with E-state index in [1.165, 1.54) is 6.92 Å². The van der Waals surface area contributed by atoms with Crippen LogP contribution in [0.15, 0.2) is 22.1 Å². The Morgan fingerprint density at radius 3 is 2.42 bits per heavy atom. The summed E-state index contributed by atoms with van der Waals surface area (Å²) in [5, 5.41) is 0. The first-order valence-electron chi connectivity index (χ1n) is 5.35. The normalized spacial score (nSPS) is 13.2. The molecule has 0 spiro atoms. The van der Waals surface area contributed by atoms with E-state index in [9.17, 15) is 4.79 Å². The standard InChI is InChI=1S/C11H13N5O3/c1-5(17)6-2-8-9(19-4-18-8)3-7(6)15-11(14)16-10(12)13/h2-3H,4H2,1H3,(H6,12,13,14,15,16). The van der Waals surface area contributed by atoms with E-state index < -0.39 is 0 Å². The molecule has 1 aromatic rings. The molecular weight excluding hydrogens is 250 g/mol. The number of aliphatic imine (C=N–C) groups is 2. The van der Waals surface area contributed by atoms with Crippen molar-refractivity contribution in [2.75, 3.05) is 6.79 Å². The Kier molecular flexibility index (Phi) is 3.23. The number of guanidine groups is 2. The second-order valence-electron chi connectivity index (χ2n) is 3.79. The number of carbonyl (C=O) groups excluding carboxylic acids is 1. The molecule has 6 N–H and O–H groups in total. The van der Waals surface area contributed by atoms with Crippen molar-refractivity contribution < 1.29 is 14.3 Å². The Bertz CT molecular complexity index is 590. The Morgan fingerprint density at radius 2 is 1.84 bits per heavy atom. The topological polar surface area (TPSA) is 138 Å². The second-order valence-corrected chi connectivity index (χ2v) is 3.79. The van der Waals surface area contributed by atoms with Gasteiger partial charge in [-0.2, -0.15) is 4.99 Å². The second kappa shape index (κ2) is 4.84. The van der Waals surface area contributed by atoms with Gasteiger partial charge in [0.15, 0.2) is 23.2 Å². The van der Waals surface area contributed by atoms with Crippen molar-refractivity contribution in [2.45, 2.75) is 6.92 Å². The van der Waals surface area contributed by atoms with Crippen LogP contribution < -0.4 is 26.7 Å². The van der Waals surface area contributed by atoms with E-state index >= 15 is 0 Å². The summed E-state index contributed by atoms with van der Waals surface area (Å²) < 4.78 is 10.4. The van der Waals surface area contributed by atoms with Crippen LogP contribution >= 0.6 is 0 Å². The minimum atomic E-state index is -0.216. The van der Waals surface area contributed by atoms with E-state index in [2.05, 4.69) is 9.98 Å². The van der Waals surface area contributed by atoms with Crippen molar-refractivity contribution in [1.29, 1.82) is 0 Å². The van der Waals surface area contributed by atoms with Crippen LogP contribution in [0.25, 0.3) is 0 Å². The third-order valence-electron chi connectivity index (χ3n) is 2.35. The van der Waals surface area contributed by atoms with Crippen LogP contribution in [-0.4, -0.2) is 24.5 Å². The molecule has 0 unspecified atom stereocenters. The van der Waals surface area contributed by atoms with Crippen LogP contribution in [0.3, 0.4) is 0 Å². The number of ketones is 1. The molecule has 0 saturated carbocycles. The molecule has 0 aliphatic carbocycles. The van der Waals surface area contributed by atoms with Crippen molar-refractivity contribution in [3.05, 3.63) is 17.7 Å². The Balaban J connectivity index is 2.50. The number of ether oxygens (including phenoxy) is 2. The van der Waals surface area contributed by atoms with Gasteiger partial charge in [-0.1, -0.05) is 0 Å². The molecule has 1 heterocycles. The summed E-state index contributed by atoms with van der Waals surface area (Å²) in [5.74, 6) is 0.424. The van der Waals surface area contributed by atoms with E-state index in [1.54, 1.807) is 12.1 Å². The van der Waals surface area contributed by atoms with Crippen molar-refractivity contribution >= 4 is 23.4 Å². The third-order valence-corrected chi connectivity index (χ3v) is 2.35. The minimum absolute atomic E-state index is 0.100. The molecule has 0 atom stereocenters. The number of nitrogens with zero attached hydrogens (tertiary/aromatic N) is 2. The van der Waals surface area contributed by atoms with Gasteiger partial charge in [-0.25, -0.2) is 4.99 Å². The van der Waals surface area contributed by atoms with Crippen LogP contribution in [0, 0.1) is 0 Å². The highest BCUT2D eigenvalue weighted by atomic mass is 16.7. The summed E-state index contributed by atoms with van der Waals surface area (Å²) in [5.41, 5.74) is 16.6. The first kappa shape index (κ1) is 12.7. The largest absolute Gasteiger partial charge is 0.454 e. The Morgan fingerprint density at radius 1 is 1.21 bits per heavy atom. The van der Waals surface area contributed by atoms with Gasteiger partial charge in [-0.3, -0.25) is 4.79 Å². The van der Waals surface area contributed by atoms with Gasteiger partial charge in [-0.15, -0.1) is 0 Å². The van der Waals surface area contributed by atoms with Gasteiger partial charge in [-0.05, 0) is 13.0 Å². The molecule has 0 amide bonds. The Labute approximate surface area is 108 Å². The van der Waals surface area contributed by atoms with Crippen LogP contribution in [0.5, 0.6) is 11.5 Å². The number of hydrogen-bond acceptors (Lipinski definition) is 4. The SMILES string of the molecule is CC(=O)c1cc2c(cc1N=C(N)N=C(N)N)OCO2. The number of Topliss-reactive ketones (excluding diaryl/α,β-unsaturated/α-hetero) is 1. The zero-order valence-electron chi connectivity index (χ0n) is 10.2. The predicted molar refractivity (Wildman–Crippen MR) is 69.7 cm³/mol. The number of benzene rings is 1. The van der Waals surface area contributed by atoms with Gasteiger partial charge < -0.3 is 26.7 Å². The highest BCUT2D eigenvalue weighted by Gasteiger charge is 2.19. The highest BCUT2D eigenvalue weighted by Crippen LogP contribution is 2.38. The summed E-state index contributed by atoms with van der Waals surface area (Å²) >= 11 is 0. The van der Waals surface area contributed by atoms with Gasteiger partial charge in [0.05, 0.1) is 5.69 Å². The minimum Gasteiger partial charge on any atom is -0.454 e. The fraction of sp³-hybridized carbons (Fsp3) is 0.182. The molecule has 8 heteroatoms. The molecule has 0 radical (unpaired) electrons. The molecule has 1 aliphatic heterocycles. The zero-order chi connectivity index (χ0) is 14.0. The Hall–Kier alpha value is -2.77. The lowest BCUT2D eigenvalue weighted by atomic mass is 10.1. The quantitative estimate of drug-likeness (QED) is 0.385. The van der Waals surface area contributed by atoms with Crippen molar-refractivity contribution in [3.8, 4) is 11.5 Å². The molecule has 0 saturated heterocycles. The average molecular weight is 263 g/mol. The molecule has 2 rings (SSSR count). The van der Waals surface area contributed by atoms with Crippen molar-refractivity contribution in [1.82, 2.24) is 0 Å². The summed E-state index contributed by atoms with van der Waals surface area (Å²) in [6.07, 6.45) is 0. The van der Waals surface area contributed by atoms with Gasteiger partial charge in [0.25, 0.3) is 0 Å². The van der Waals surface area contributed by atoms with Gasteiger partial charge in [0.2, 0.25) is 12.8 Å². The number of nitrogens with two attached hydrogens (primary N) is 3. The van der Waals surface area contributed by atoms with Gasteiger partial charge in [0, 0.05) is 11.6 Å². The fourth-order valence-electron chi connectivity index (χ4n) is 1.59. The van der Waals surface area contributed by atoms with E-state index in [4.69, 9.17) is 26.7 Å². The molecule has 0 aromatic heterocycles. The maximum absolute atomic E-state index is 11.6.